The third-order valence-electron chi connectivity index (χ3n) is 3.31. The average Bonchev–Trinajstić information content (AvgIpc) is 2.52. The number of carboxylic acid groups (broad SMARTS) is 1. The van der Waals surface area contributed by atoms with E-state index >= 15 is 0 Å². The molecule has 0 aliphatic rings. The molecular weight excluding hydrogens is 303 g/mol. The molecule has 24 heavy (non-hydrogen) atoms. The van der Waals surface area contributed by atoms with Crippen LogP contribution in [0.25, 0.3) is 0 Å². The van der Waals surface area contributed by atoms with Crippen molar-refractivity contribution in [2.24, 2.45) is 0 Å². The van der Waals surface area contributed by atoms with E-state index in [1.807, 2.05) is 13.8 Å². The van der Waals surface area contributed by atoms with Gasteiger partial charge in [-0.1, -0.05) is 33.1 Å². The van der Waals surface area contributed by atoms with Crippen molar-refractivity contribution in [3.63, 3.8) is 0 Å². The minimum absolute atomic E-state index is 0. The Balaban J connectivity index is 0. The van der Waals surface area contributed by atoms with Gasteiger partial charge in [-0.3, -0.25) is 4.79 Å². The molecule has 0 aromatic rings. The Hall–Kier alpha value is -1.25. The smallest absolute Gasteiger partial charge is 0.874 e. The normalized spacial score (nSPS) is 11.8. The van der Waals surface area contributed by atoms with Crippen LogP contribution in [-0.2, 0) is 4.79 Å². The van der Waals surface area contributed by atoms with Gasteiger partial charge in [0.15, 0.2) is 0 Å². The summed E-state index contributed by atoms with van der Waals surface area (Å²) in [6.07, 6.45) is 8.00. The van der Waals surface area contributed by atoms with Crippen LogP contribution < -0.4 is 29.3 Å². The first-order valence-electron chi connectivity index (χ1n) is 8.44. The van der Waals surface area contributed by atoms with E-state index in [1.54, 1.807) is 11.1 Å². The predicted molar refractivity (Wildman–Crippen MR) is 89.7 cm³/mol. The second-order valence-electron chi connectivity index (χ2n) is 5.57. The summed E-state index contributed by atoms with van der Waals surface area (Å²) in [5.41, 5.74) is 0. The molecule has 0 aromatic carbocycles. The minimum Gasteiger partial charge on any atom is -0.874 e. The van der Waals surface area contributed by atoms with Crippen LogP contribution in [0.3, 0.4) is 0 Å². The third-order valence-corrected chi connectivity index (χ3v) is 3.31. The van der Waals surface area contributed by atoms with Gasteiger partial charge in [0, 0.05) is 32.3 Å². The maximum absolute atomic E-state index is 11.5. The molecule has 0 fully saturated rings. The van der Waals surface area contributed by atoms with E-state index in [1.165, 1.54) is 6.20 Å². The van der Waals surface area contributed by atoms with Crippen molar-refractivity contribution in [2.75, 3.05) is 19.6 Å². The number of aliphatic hydroxyl groups is 1. The molecule has 0 rings (SSSR count). The maximum atomic E-state index is 11.5. The molecule has 0 spiro atoms. The number of carboxylic acids is 1. The molecule has 0 aliphatic carbocycles. The van der Waals surface area contributed by atoms with Crippen molar-refractivity contribution in [3.05, 3.63) is 23.9 Å². The van der Waals surface area contributed by atoms with Crippen LogP contribution in [-0.4, -0.2) is 40.7 Å². The van der Waals surface area contributed by atoms with Gasteiger partial charge in [0.25, 0.3) is 0 Å². The topological polar surface area (TPSA) is 95.9 Å². The molecule has 3 N–H and O–H groups in total. The van der Waals surface area contributed by atoms with Crippen molar-refractivity contribution in [1.29, 1.82) is 0 Å². The van der Waals surface area contributed by atoms with Crippen LogP contribution in [0.15, 0.2) is 23.9 Å². The number of hydrogen-bond acceptors (Lipinski definition) is 5. The Bertz CT molecular complexity index is 387. The fourth-order valence-corrected chi connectivity index (χ4v) is 1.93. The summed E-state index contributed by atoms with van der Waals surface area (Å²) in [7, 11) is 0. The largest absolute Gasteiger partial charge is 1.00 e. The Morgan fingerprint density at radius 3 is 2.29 bits per heavy atom. The minimum atomic E-state index is -0.870. The van der Waals surface area contributed by atoms with Gasteiger partial charge in [-0.15, -0.1) is 5.76 Å². The van der Waals surface area contributed by atoms with Gasteiger partial charge < -0.3 is 25.5 Å². The second-order valence-corrected chi connectivity index (χ2v) is 5.57. The van der Waals surface area contributed by atoms with E-state index < -0.39 is 5.97 Å². The van der Waals surface area contributed by atoms with Crippen molar-refractivity contribution < 1.29 is 39.0 Å². The number of nitrogens with one attached hydrogen (secondary N) is 1. The van der Waals surface area contributed by atoms with Crippen LogP contribution in [0.2, 0.25) is 0 Å². The summed E-state index contributed by atoms with van der Waals surface area (Å²) in [5, 5.41) is 33.1. The monoisotopic (exact) mass is 334 g/mol. The Kier molecular flexibility index (Phi) is 17.3. The van der Waals surface area contributed by atoms with Gasteiger partial charge in [0.2, 0.25) is 0 Å². The van der Waals surface area contributed by atoms with Crippen LogP contribution in [0.4, 0.5) is 0 Å². The van der Waals surface area contributed by atoms with Gasteiger partial charge in [-0.05, 0) is 19.0 Å². The summed E-state index contributed by atoms with van der Waals surface area (Å²) in [4.78, 5) is 12.5. The van der Waals surface area contributed by atoms with Gasteiger partial charge in [-0.2, -0.15) is 0 Å². The second kappa shape index (κ2) is 16.6. The zero-order valence-corrected chi connectivity index (χ0v) is 15.4. The van der Waals surface area contributed by atoms with Gasteiger partial charge >= 0.3 is 24.8 Å². The fraction of sp³-hybridized carbons (Fsp3) is 0.706. The van der Waals surface area contributed by atoms with Crippen molar-refractivity contribution >= 4 is 5.97 Å². The standard InChI is InChI=1S/C17H32N2O4.Li/c1-3-5-7-15(20)13-18-10-12-19(11-9-17(22)23)14-16(21)8-6-4-2;/h13-14,18,20-21H,3-12H2,1-2H3,(H,22,23);/q;+1/p-1/b15-13-,16-14-;. The molecule has 0 amide bonds. The molecule has 134 valence electrons. The average molecular weight is 334 g/mol. The van der Waals surface area contributed by atoms with E-state index in [0.29, 0.717) is 32.5 Å². The molecule has 0 saturated carbocycles. The first-order valence-corrected chi connectivity index (χ1v) is 8.44. The number of allylic oxidation sites excluding steroid dienone is 2. The Morgan fingerprint density at radius 2 is 1.71 bits per heavy atom. The van der Waals surface area contributed by atoms with Gasteiger partial charge in [0.1, 0.15) is 5.76 Å². The molecule has 0 heterocycles. The molecule has 0 atom stereocenters. The van der Waals surface area contributed by atoms with Crippen LogP contribution in [0, 0.1) is 0 Å². The zero-order valence-electron chi connectivity index (χ0n) is 15.4. The number of nitrogens with zero attached hydrogens (tertiary/aromatic N) is 1. The molecule has 0 bridgehead atoms. The molecule has 0 aromatic heterocycles. The molecule has 7 heteroatoms. The van der Waals surface area contributed by atoms with Crippen LogP contribution in [0.5, 0.6) is 0 Å². The maximum Gasteiger partial charge on any atom is 1.00 e. The van der Waals surface area contributed by atoms with E-state index in [-0.39, 0.29) is 36.8 Å². The summed E-state index contributed by atoms with van der Waals surface area (Å²) in [5.74, 6) is -0.531. The van der Waals surface area contributed by atoms with Crippen molar-refractivity contribution in [3.8, 4) is 0 Å². The summed E-state index contributed by atoms with van der Waals surface area (Å²) >= 11 is 0. The molecule has 0 unspecified atom stereocenters. The molecule has 6 nitrogen and oxygen atoms in total. The van der Waals surface area contributed by atoms with Gasteiger partial charge in [0.05, 0.1) is 6.42 Å². The predicted octanol–water partition coefficient (Wildman–Crippen LogP) is -0.662. The third kappa shape index (κ3) is 15.6. The number of aliphatic hydroxyl groups excluding tert-OH is 1. The number of carbonyl (C=O) groups is 1. The van der Waals surface area contributed by atoms with E-state index in [9.17, 15) is 15.0 Å². The number of rotatable bonds is 14. The Labute approximate surface area is 157 Å². The first kappa shape index (κ1) is 25.0. The molecule has 0 aliphatic heterocycles. The molecule has 0 radical (unpaired) electrons. The van der Waals surface area contributed by atoms with Crippen molar-refractivity contribution in [2.45, 2.75) is 58.8 Å². The van der Waals surface area contributed by atoms with E-state index in [4.69, 9.17) is 5.11 Å². The van der Waals surface area contributed by atoms with E-state index in [2.05, 4.69) is 5.32 Å². The Morgan fingerprint density at radius 1 is 1.08 bits per heavy atom. The fourth-order valence-electron chi connectivity index (χ4n) is 1.93. The molecule has 0 saturated heterocycles. The summed E-state index contributed by atoms with van der Waals surface area (Å²) < 4.78 is 0. The first-order chi connectivity index (χ1) is 11.0. The number of aliphatic carboxylic acids is 1. The SMILES string of the molecule is CCCC/C([O-])=C/NCCN(/C=C(\O)CCCC)CCC(=O)O.[Li+]. The molecular formula is C17H31LiN2O4. The quantitative estimate of drug-likeness (QED) is 0.222. The number of hydrogen-bond donors (Lipinski definition) is 3. The summed E-state index contributed by atoms with van der Waals surface area (Å²) in [6.45, 7) is 5.47. The zero-order chi connectivity index (χ0) is 17.5. The summed E-state index contributed by atoms with van der Waals surface area (Å²) in [6, 6.07) is 0. The van der Waals surface area contributed by atoms with Crippen LogP contribution >= 0.6 is 0 Å². The number of unbranched alkanes of at least 4 members (excludes halogenated alkanes) is 2. The van der Waals surface area contributed by atoms with Gasteiger partial charge in [-0.25, -0.2) is 0 Å². The van der Waals surface area contributed by atoms with Crippen LogP contribution in [0.1, 0.15) is 58.8 Å². The van der Waals surface area contributed by atoms with Crippen molar-refractivity contribution in [1.82, 2.24) is 10.2 Å². The van der Waals surface area contributed by atoms with E-state index in [0.717, 1.165) is 25.7 Å².